The van der Waals surface area contributed by atoms with Gasteiger partial charge >= 0.3 is 6.03 Å². The molecule has 1 saturated heterocycles. The molecule has 6 heteroatoms. The lowest BCUT2D eigenvalue weighted by Gasteiger charge is -2.26. The fourth-order valence-corrected chi connectivity index (χ4v) is 2.40. The van der Waals surface area contributed by atoms with Gasteiger partial charge in [0.1, 0.15) is 0 Å². The number of rotatable bonds is 3. The lowest BCUT2D eigenvalue weighted by atomic mass is 10.0. The van der Waals surface area contributed by atoms with Gasteiger partial charge in [0.25, 0.3) is 0 Å². The predicted molar refractivity (Wildman–Crippen MR) is 78.3 cm³/mol. The van der Waals surface area contributed by atoms with Crippen LogP contribution in [-0.2, 0) is 4.74 Å². The lowest BCUT2D eigenvalue weighted by molar-refractivity contribution is 0.126. The molecule has 0 radical (unpaired) electrons. The third-order valence-corrected chi connectivity index (χ3v) is 4.08. The fraction of sp³-hybridized carbons (Fsp3) is 0.500. The van der Waals surface area contributed by atoms with Crippen LogP contribution in [0.3, 0.4) is 0 Å². The lowest BCUT2D eigenvalue weighted by Crippen LogP contribution is -2.53. The molecule has 0 aromatic heterocycles. The second kappa shape index (κ2) is 5.99. The molecule has 0 aliphatic carbocycles. The number of nitrogens with one attached hydrogen (secondary N) is 2. The highest BCUT2D eigenvalue weighted by atomic mass is 35.5. The molecule has 0 spiro atoms. The van der Waals surface area contributed by atoms with Crippen molar-refractivity contribution in [3.05, 3.63) is 28.3 Å². The molecule has 1 heterocycles. The Morgan fingerprint density at radius 3 is 2.60 bits per heavy atom. The first-order valence-electron chi connectivity index (χ1n) is 6.50. The molecule has 1 aromatic rings. The van der Waals surface area contributed by atoms with Crippen LogP contribution < -0.4 is 10.6 Å². The van der Waals surface area contributed by atoms with Crippen LogP contribution in [0.4, 0.5) is 10.5 Å². The molecule has 1 aromatic carbocycles. The zero-order valence-electron chi connectivity index (χ0n) is 11.6. The maximum Gasteiger partial charge on any atom is 0.319 e. The number of carbonyl (C=O) groups excluding carboxylic acids is 1. The fourth-order valence-electron chi connectivity index (χ4n) is 2.29. The van der Waals surface area contributed by atoms with Crippen molar-refractivity contribution in [2.24, 2.45) is 0 Å². The monoisotopic (exact) mass is 298 g/mol. The van der Waals surface area contributed by atoms with E-state index in [1.54, 1.807) is 0 Å². The van der Waals surface area contributed by atoms with Crippen LogP contribution in [0.25, 0.3) is 0 Å². The quantitative estimate of drug-likeness (QED) is 0.801. The number of carbonyl (C=O) groups is 1. The molecule has 1 atom stereocenters. The van der Waals surface area contributed by atoms with Crippen LogP contribution in [0.15, 0.2) is 12.1 Å². The van der Waals surface area contributed by atoms with E-state index in [-0.39, 0.29) is 12.6 Å². The molecule has 110 valence electrons. The van der Waals surface area contributed by atoms with E-state index < -0.39 is 5.54 Å². The summed E-state index contributed by atoms with van der Waals surface area (Å²) >= 11 is 6.09. The summed E-state index contributed by atoms with van der Waals surface area (Å²) in [4.78, 5) is 12.0. The number of urea groups is 1. The number of aliphatic hydroxyl groups is 1. The largest absolute Gasteiger partial charge is 0.394 e. The summed E-state index contributed by atoms with van der Waals surface area (Å²) in [6, 6.07) is 3.27. The van der Waals surface area contributed by atoms with Gasteiger partial charge in [-0.15, -0.1) is 0 Å². The van der Waals surface area contributed by atoms with Crippen LogP contribution in [0.2, 0.25) is 5.02 Å². The van der Waals surface area contributed by atoms with Crippen molar-refractivity contribution in [3.8, 4) is 0 Å². The van der Waals surface area contributed by atoms with Gasteiger partial charge in [0.2, 0.25) is 0 Å². The summed E-state index contributed by atoms with van der Waals surface area (Å²) in [5.74, 6) is 0. The first kappa shape index (κ1) is 15.1. The highest BCUT2D eigenvalue weighted by Gasteiger charge is 2.35. The third-order valence-electron chi connectivity index (χ3n) is 3.48. The van der Waals surface area contributed by atoms with E-state index in [0.29, 0.717) is 30.3 Å². The second-order valence-electron chi connectivity index (χ2n) is 5.24. The molecule has 1 fully saturated rings. The van der Waals surface area contributed by atoms with Gasteiger partial charge in [-0.2, -0.15) is 0 Å². The number of aliphatic hydroxyl groups excluding tert-OH is 1. The molecule has 3 N–H and O–H groups in total. The second-order valence-corrected chi connectivity index (χ2v) is 5.62. The minimum atomic E-state index is -0.680. The van der Waals surface area contributed by atoms with Gasteiger partial charge in [0.05, 0.1) is 18.8 Å². The molecule has 0 bridgehead atoms. The predicted octanol–water partition coefficient (Wildman–Crippen LogP) is 2.23. The SMILES string of the molecule is Cc1cc(NC(=O)NC2(CO)CCOC2)cc(C)c1Cl. The Kier molecular flexibility index (Phi) is 4.52. The summed E-state index contributed by atoms with van der Waals surface area (Å²) in [5, 5.41) is 15.7. The zero-order chi connectivity index (χ0) is 14.8. The van der Waals surface area contributed by atoms with Crippen molar-refractivity contribution >= 4 is 23.3 Å². The van der Waals surface area contributed by atoms with E-state index in [9.17, 15) is 9.90 Å². The molecular weight excluding hydrogens is 280 g/mol. The van der Waals surface area contributed by atoms with Crippen molar-refractivity contribution < 1.29 is 14.6 Å². The van der Waals surface area contributed by atoms with Crippen LogP contribution in [0, 0.1) is 13.8 Å². The number of aryl methyl sites for hydroxylation is 2. The van der Waals surface area contributed by atoms with Crippen molar-refractivity contribution in [2.45, 2.75) is 25.8 Å². The molecule has 2 rings (SSSR count). The summed E-state index contributed by atoms with van der Waals surface area (Å²) in [5.41, 5.74) is 1.81. The Morgan fingerprint density at radius 1 is 1.45 bits per heavy atom. The summed E-state index contributed by atoms with van der Waals surface area (Å²) in [6.07, 6.45) is 0.607. The summed E-state index contributed by atoms with van der Waals surface area (Å²) in [6.45, 7) is 4.51. The maximum absolute atomic E-state index is 12.0. The van der Waals surface area contributed by atoms with Crippen molar-refractivity contribution in [1.82, 2.24) is 5.32 Å². The Morgan fingerprint density at radius 2 is 2.10 bits per heavy atom. The number of hydrogen-bond donors (Lipinski definition) is 3. The number of amides is 2. The highest BCUT2D eigenvalue weighted by Crippen LogP contribution is 2.24. The zero-order valence-corrected chi connectivity index (χ0v) is 12.4. The smallest absolute Gasteiger partial charge is 0.319 e. The van der Waals surface area contributed by atoms with Crippen LogP contribution in [-0.4, -0.2) is 36.5 Å². The Labute approximate surface area is 123 Å². The van der Waals surface area contributed by atoms with Crippen LogP contribution in [0.1, 0.15) is 17.5 Å². The topological polar surface area (TPSA) is 70.6 Å². The Balaban J connectivity index is 2.05. The number of anilines is 1. The molecule has 1 aliphatic heterocycles. The highest BCUT2D eigenvalue weighted by molar-refractivity contribution is 6.32. The minimum absolute atomic E-state index is 0.140. The summed E-state index contributed by atoms with van der Waals surface area (Å²) in [7, 11) is 0. The minimum Gasteiger partial charge on any atom is -0.394 e. The van der Waals surface area contributed by atoms with Crippen LogP contribution >= 0.6 is 11.6 Å². The molecule has 5 nitrogen and oxygen atoms in total. The number of hydrogen-bond acceptors (Lipinski definition) is 3. The van der Waals surface area contributed by atoms with Crippen LogP contribution in [0.5, 0.6) is 0 Å². The first-order chi connectivity index (χ1) is 9.46. The van der Waals surface area contributed by atoms with Gasteiger partial charge < -0.3 is 20.5 Å². The molecule has 1 aliphatic rings. The number of halogens is 1. The number of benzene rings is 1. The van der Waals surface area contributed by atoms with Gasteiger partial charge in [-0.3, -0.25) is 0 Å². The summed E-state index contributed by atoms with van der Waals surface area (Å²) < 4.78 is 5.24. The van der Waals surface area contributed by atoms with Crippen molar-refractivity contribution in [3.63, 3.8) is 0 Å². The normalized spacial score (nSPS) is 21.8. The average molecular weight is 299 g/mol. The third kappa shape index (κ3) is 3.23. The molecule has 0 saturated carbocycles. The standard InChI is InChI=1S/C14H19ClN2O3/c1-9-5-11(6-10(2)12(9)15)16-13(19)17-14(7-18)3-4-20-8-14/h5-6,18H,3-4,7-8H2,1-2H3,(H2,16,17,19). The van der Waals surface area contributed by atoms with Gasteiger partial charge in [0.15, 0.2) is 0 Å². The van der Waals surface area contributed by atoms with Gasteiger partial charge in [-0.05, 0) is 43.5 Å². The van der Waals surface area contributed by atoms with E-state index in [1.807, 2.05) is 26.0 Å². The number of ether oxygens (including phenoxy) is 1. The Hall–Kier alpha value is -1.30. The van der Waals surface area contributed by atoms with E-state index in [2.05, 4.69) is 10.6 Å². The Bertz CT molecular complexity index is 490. The van der Waals surface area contributed by atoms with Gasteiger partial charge in [-0.25, -0.2) is 4.79 Å². The molecule has 20 heavy (non-hydrogen) atoms. The van der Waals surface area contributed by atoms with Crippen molar-refractivity contribution in [2.75, 3.05) is 25.1 Å². The van der Waals surface area contributed by atoms with Gasteiger partial charge in [0, 0.05) is 17.3 Å². The van der Waals surface area contributed by atoms with E-state index in [4.69, 9.17) is 16.3 Å². The molecule has 1 unspecified atom stereocenters. The maximum atomic E-state index is 12.0. The van der Waals surface area contributed by atoms with Crippen molar-refractivity contribution in [1.29, 1.82) is 0 Å². The average Bonchev–Trinajstić information content (AvgIpc) is 2.84. The van der Waals surface area contributed by atoms with E-state index in [1.165, 1.54) is 0 Å². The van der Waals surface area contributed by atoms with E-state index in [0.717, 1.165) is 11.1 Å². The van der Waals surface area contributed by atoms with Gasteiger partial charge in [-0.1, -0.05) is 11.6 Å². The first-order valence-corrected chi connectivity index (χ1v) is 6.88. The van der Waals surface area contributed by atoms with E-state index >= 15 is 0 Å². The molecule has 2 amide bonds. The molecular formula is C14H19ClN2O3.